The fraction of sp³-hybridized carbons (Fsp3) is 1.00. The number of ether oxygens (including phenoxy) is 2. The van der Waals surface area contributed by atoms with E-state index in [4.69, 9.17) is 26.2 Å². The van der Waals surface area contributed by atoms with Crippen LogP contribution in [-0.4, -0.2) is 48.3 Å². The predicted molar refractivity (Wildman–Crippen MR) is 54.4 cm³/mol. The highest BCUT2D eigenvalue weighted by atomic mass is 35.5. The molecule has 0 aromatic heterocycles. The summed E-state index contributed by atoms with van der Waals surface area (Å²) in [5, 5.41) is 18.4. The van der Waals surface area contributed by atoms with Crippen LogP contribution in [0.2, 0.25) is 0 Å². The van der Waals surface area contributed by atoms with Gasteiger partial charge in [-0.25, -0.2) is 0 Å². The fourth-order valence-electron chi connectivity index (χ4n) is 1.09. The Morgan fingerprint density at radius 3 is 2.64 bits per heavy atom. The first-order chi connectivity index (χ1) is 6.68. The molecule has 0 aliphatic heterocycles. The molecule has 14 heavy (non-hydrogen) atoms. The summed E-state index contributed by atoms with van der Waals surface area (Å²) in [7, 11) is 0. The number of rotatable bonds is 9. The maximum absolute atomic E-state index is 9.88. The van der Waals surface area contributed by atoms with Crippen molar-refractivity contribution >= 4 is 11.6 Å². The van der Waals surface area contributed by atoms with Crippen LogP contribution in [0.1, 0.15) is 19.8 Å². The molecule has 1 unspecified atom stereocenters. The molecular formula is C9H19ClO4. The van der Waals surface area contributed by atoms with Crippen LogP contribution < -0.4 is 0 Å². The Balaban J connectivity index is 3.82. The molecule has 0 aliphatic carbocycles. The van der Waals surface area contributed by atoms with Crippen molar-refractivity contribution in [1.82, 2.24) is 0 Å². The fourth-order valence-corrected chi connectivity index (χ4v) is 1.23. The lowest BCUT2D eigenvalue weighted by atomic mass is 10.1. The Hall–Kier alpha value is 0.130. The van der Waals surface area contributed by atoms with Crippen molar-refractivity contribution in [2.45, 2.75) is 25.6 Å². The third-order valence-corrected chi connectivity index (χ3v) is 1.94. The molecule has 0 aliphatic rings. The van der Waals surface area contributed by atoms with Crippen LogP contribution in [0.4, 0.5) is 0 Å². The van der Waals surface area contributed by atoms with E-state index in [0.29, 0.717) is 25.3 Å². The second-order valence-corrected chi connectivity index (χ2v) is 3.33. The van der Waals surface area contributed by atoms with Crippen LogP contribution in [0, 0.1) is 0 Å². The summed E-state index contributed by atoms with van der Waals surface area (Å²) in [6.07, 6.45) is 1.11. The van der Waals surface area contributed by atoms with E-state index in [1.807, 2.05) is 0 Å². The van der Waals surface area contributed by atoms with Gasteiger partial charge in [-0.2, -0.15) is 0 Å². The van der Waals surface area contributed by atoms with Crippen LogP contribution >= 0.6 is 11.6 Å². The van der Waals surface area contributed by atoms with E-state index >= 15 is 0 Å². The molecule has 86 valence electrons. The lowest BCUT2D eigenvalue weighted by molar-refractivity contribution is -0.234. The zero-order chi connectivity index (χ0) is 10.9. The number of aliphatic hydroxyl groups excluding tert-OH is 1. The van der Waals surface area contributed by atoms with Crippen LogP contribution in [0.15, 0.2) is 0 Å². The summed E-state index contributed by atoms with van der Waals surface area (Å²) in [5.74, 6) is -0.784. The summed E-state index contributed by atoms with van der Waals surface area (Å²) in [6, 6.07) is 0. The minimum Gasteiger partial charge on any atom is -0.394 e. The van der Waals surface area contributed by atoms with Gasteiger partial charge in [-0.05, 0) is 13.3 Å². The minimum absolute atomic E-state index is 0.0578. The molecule has 2 N–H and O–H groups in total. The lowest BCUT2D eigenvalue weighted by Gasteiger charge is -2.27. The van der Waals surface area contributed by atoms with Crippen molar-refractivity contribution in [2.24, 2.45) is 0 Å². The predicted octanol–water partition coefficient (Wildman–Crippen LogP) is 0.739. The lowest BCUT2D eigenvalue weighted by Crippen LogP contribution is -2.38. The highest BCUT2D eigenvalue weighted by molar-refractivity contribution is 6.17. The molecule has 0 amide bonds. The first-order valence-electron chi connectivity index (χ1n) is 4.79. The van der Waals surface area contributed by atoms with E-state index in [1.54, 1.807) is 6.92 Å². The molecule has 0 saturated carbocycles. The highest BCUT2D eigenvalue weighted by Gasteiger charge is 2.26. The number of alkyl halides is 1. The smallest absolute Gasteiger partial charge is 0.189 e. The van der Waals surface area contributed by atoms with Crippen molar-refractivity contribution in [1.29, 1.82) is 0 Å². The van der Waals surface area contributed by atoms with Gasteiger partial charge in [0.05, 0.1) is 13.2 Å². The number of halogens is 1. The average Bonchev–Trinajstić information content (AvgIpc) is 2.16. The van der Waals surface area contributed by atoms with Gasteiger partial charge in [-0.1, -0.05) is 0 Å². The second kappa shape index (κ2) is 8.44. The van der Waals surface area contributed by atoms with Crippen molar-refractivity contribution in [3.05, 3.63) is 0 Å². The molecule has 0 heterocycles. The van der Waals surface area contributed by atoms with Crippen molar-refractivity contribution in [3.63, 3.8) is 0 Å². The van der Waals surface area contributed by atoms with Crippen molar-refractivity contribution in [2.75, 3.05) is 32.3 Å². The molecule has 0 aromatic carbocycles. The summed E-state index contributed by atoms with van der Waals surface area (Å²) in [5.41, 5.74) is 0. The molecule has 0 rings (SSSR count). The Morgan fingerprint density at radius 2 is 2.14 bits per heavy atom. The molecule has 0 fully saturated rings. The summed E-state index contributed by atoms with van der Waals surface area (Å²) in [4.78, 5) is 0. The van der Waals surface area contributed by atoms with Gasteiger partial charge in [0.2, 0.25) is 0 Å². The van der Waals surface area contributed by atoms with E-state index in [0.717, 1.165) is 0 Å². The third kappa shape index (κ3) is 6.56. The Morgan fingerprint density at radius 1 is 1.43 bits per heavy atom. The minimum atomic E-state index is -1.27. The molecule has 5 heteroatoms. The van der Waals surface area contributed by atoms with Gasteiger partial charge in [0.25, 0.3) is 0 Å². The standard InChI is InChI=1S/C9H19ClO4/c1-2-14-9(12,4-3-5-10)8-13-7-6-11/h11-12H,2-8H2,1H3. The molecule has 1 atom stereocenters. The maximum Gasteiger partial charge on any atom is 0.189 e. The van der Waals surface area contributed by atoms with Crippen LogP contribution in [0.3, 0.4) is 0 Å². The number of hydrogen-bond acceptors (Lipinski definition) is 4. The summed E-state index contributed by atoms with van der Waals surface area (Å²) in [6.45, 7) is 2.44. The van der Waals surface area contributed by atoms with Crippen LogP contribution in [0.5, 0.6) is 0 Å². The van der Waals surface area contributed by atoms with Crippen molar-refractivity contribution in [3.8, 4) is 0 Å². The van der Waals surface area contributed by atoms with E-state index in [2.05, 4.69) is 0 Å². The van der Waals surface area contributed by atoms with Gasteiger partial charge < -0.3 is 19.7 Å². The third-order valence-electron chi connectivity index (χ3n) is 1.68. The van der Waals surface area contributed by atoms with Gasteiger partial charge in [-0.3, -0.25) is 0 Å². The topological polar surface area (TPSA) is 58.9 Å². The number of aliphatic hydroxyl groups is 2. The van der Waals surface area contributed by atoms with Crippen LogP contribution in [-0.2, 0) is 9.47 Å². The average molecular weight is 227 g/mol. The highest BCUT2D eigenvalue weighted by Crippen LogP contribution is 2.15. The molecule has 0 saturated heterocycles. The molecule has 0 bridgehead atoms. The maximum atomic E-state index is 9.88. The van der Waals surface area contributed by atoms with Crippen molar-refractivity contribution < 1.29 is 19.7 Å². The molecule has 0 radical (unpaired) electrons. The SMILES string of the molecule is CCOC(O)(CCCCl)COCCO. The van der Waals surface area contributed by atoms with Gasteiger partial charge in [0.1, 0.15) is 6.61 Å². The first kappa shape index (κ1) is 14.1. The summed E-state index contributed by atoms with van der Waals surface area (Å²) < 4.78 is 10.2. The first-order valence-corrected chi connectivity index (χ1v) is 5.33. The van der Waals surface area contributed by atoms with E-state index in [1.165, 1.54) is 0 Å². The largest absolute Gasteiger partial charge is 0.394 e. The van der Waals surface area contributed by atoms with E-state index in [9.17, 15) is 5.11 Å². The normalized spacial score (nSPS) is 15.4. The van der Waals surface area contributed by atoms with Gasteiger partial charge in [-0.15, -0.1) is 11.6 Å². The zero-order valence-corrected chi connectivity index (χ0v) is 9.29. The van der Waals surface area contributed by atoms with E-state index in [-0.39, 0.29) is 19.8 Å². The second-order valence-electron chi connectivity index (χ2n) is 2.95. The Labute approximate surface area is 89.8 Å². The molecule has 0 aromatic rings. The van der Waals surface area contributed by atoms with Gasteiger partial charge in [0.15, 0.2) is 5.79 Å². The van der Waals surface area contributed by atoms with Gasteiger partial charge >= 0.3 is 0 Å². The molecule has 4 nitrogen and oxygen atoms in total. The quantitative estimate of drug-likeness (QED) is 0.346. The Kier molecular flexibility index (Phi) is 8.52. The monoisotopic (exact) mass is 226 g/mol. The number of hydrogen-bond donors (Lipinski definition) is 2. The van der Waals surface area contributed by atoms with Gasteiger partial charge in [0, 0.05) is 18.9 Å². The summed E-state index contributed by atoms with van der Waals surface area (Å²) >= 11 is 5.52. The molecular weight excluding hydrogens is 208 g/mol. The Bertz CT molecular complexity index is 134. The zero-order valence-electron chi connectivity index (χ0n) is 8.54. The van der Waals surface area contributed by atoms with E-state index < -0.39 is 5.79 Å². The van der Waals surface area contributed by atoms with Crippen LogP contribution in [0.25, 0.3) is 0 Å². The molecule has 0 spiro atoms.